The number of aliphatic carboxylic acids is 1. The number of carboxylic acid groups (broad SMARTS) is 1. The molecule has 0 aliphatic heterocycles. The number of aliphatic hydroxyl groups is 1. The van der Waals surface area contributed by atoms with Gasteiger partial charge in [-0.3, -0.25) is 0 Å². The summed E-state index contributed by atoms with van der Waals surface area (Å²) in [4.78, 5) is 10.2. The predicted molar refractivity (Wildman–Crippen MR) is 80.8 cm³/mol. The van der Waals surface area contributed by atoms with Crippen LogP contribution >= 0.6 is 0 Å². The summed E-state index contributed by atoms with van der Waals surface area (Å²) in [5, 5.41) is 17.4. The second kappa shape index (κ2) is 7.02. The fourth-order valence-electron chi connectivity index (χ4n) is 2.08. The fourth-order valence-corrected chi connectivity index (χ4v) is 2.08. The zero-order valence-electron chi connectivity index (χ0n) is 11.6. The van der Waals surface area contributed by atoms with Crippen molar-refractivity contribution in [2.75, 3.05) is 0 Å². The zero-order chi connectivity index (χ0) is 15.2. The number of rotatable bonds is 3. The molecule has 4 nitrogen and oxygen atoms in total. The summed E-state index contributed by atoms with van der Waals surface area (Å²) < 4.78 is 0. The smallest absolute Gasteiger partial charge is 0.337 e. The number of aliphatic hydroxyl groups excluding tert-OH is 1. The van der Waals surface area contributed by atoms with Crippen molar-refractivity contribution in [1.82, 2.24) is 0 Å². The Morgan fingerprint density at radius 3 is 1.95 bits per heavy atom. The van der Waals surface area contributed by atoms with E-state index in [0.717, 1.165) is 0 Å². The molecule has 0 unspecified atom stereocenters. The molecule has 0 saturated heterocycles. The maximum atomic E-state index is 10.2. The van der Waals surface area contributed by atoms with Crippen molar-refractivity contribution in [3.63, 3.8) is 0 Å². The molecule has 21 heavy (non-hydrogen) atoms. The van der Waals surface area contributed by atoms with E-state index in [0.29, 0.717) is 17.5 Å². The minimum atomic E-state index is -1.41. The van der Waals surface area contributed by atoms with Gasteiger partial charge in [0.1, 0.15) is 0 Å². The molecule has 0 heterocycles. The Morgan fingerprint density at radius 1 is 1.05 bits per heavy atom. The van der Waals surface area contributed by atoms with E-state index < -0.39 is 12.1 Å². The lowest BCUT2D eigenvalue weighted by molar-refractivity contribution is -0.146. The van der Waals surface area contributed by atoms with E-state index in [-0.39, 0.29) is 0 Å². The molecule has 3 rings (SSSR count). The van der Waals surface area contributed by atoms with E-state index in [1.807, 2.05) is 6.07 Å². The molecule has 0 bridgehead atoms. The average Bonchev–Trinajstić information content (AvgIpc) is 3.26. The van der Waals surface area contributed by atoms with Crippen LogP contribution in [0, 0.1) is 0 Å². The molecule has 0 aromatic heterocycles. The van der Waals surface area contributed by atoms with Crippen molar-refractivity contribution in [1.29, 1.82) is 0 Å². The lowest BCUT2D eigenvalue weighted by atomic mass is 10.1. The van der Waals surface area contributed by atoms with Crippen LogP contribution < -0.4 is 5.73 Å². The first-order chi connectivity index (χ1) is 10.1. The molecule has 110 valence electrons. The molecule has 1 aliphatic rings. The van der Waals surface area contributed by atoms with Gasteiger partial charge in [-0.2, -0.15) is 0 Å². The second-order valence-corrected chi connectivity index (χ2v) is 5.07. The largest absolute Gasteiger partial charge is 0.479 e. The van der Waals surface area contributed by atoms with Gasteiger partial charge in [0.05, 0.1) is 0 Å². The normalized spacial score (nSPS) is 20.9. The molecule has 4 N–H and O–H groups in total. The number of nitrogens with two attached hydrogens (primary N) is 1. The number of hydrogen-bond donors (Lipinski definition) is 3. The first-order valence-electron chi connectivity index (χ1n) is 6.86. The van der Waals surface area contributed by atoms with Crippen LogP contribution in [-0.2, 0) is 4.79 Å². The SMILES string of the molecule is N[C@@H]1C[C@H]1c1ccccc1.O=C(O)[C@H](O)c1ccccc1. The van der Waals surface area contributed by atoms with E-state index >= 15 is 0 Å². The van der Waals surface area contributed by atoms with E-state index in [9.17, 15) is 4.79 Å². The van der Waals surface area contributed by atoms with Crippen LogP contribution in [0.3, 0.4) is 0 Å². The van der Waals surface area contributed by atoms with Gasteiger partial charge in [-0.15, -0.1) is 0 Å². The monoisotopic (exact) mass is 285 g/mol. The molecule has 2 aromatic rings. The highest BCUT2D eigenvalue weighted by atomic mass is 16.4. The van der Waals surface area contributed by atoms with Crippen LogP contribution in [0.2, 0.25) is 0 Å². The zero-order valence-corrected chi connectivity index (χ0v) is 11.6. The second-order valence-electron chi connectivity index (χ2n) is 5.07. The number of carbonyl (C=O) groups is 1. The molecule has 4 heteroatoms. The van der Waals surface area contributed by atoms with Crippen molar-refractivity contribution in [3.8, 4) is 0 Å². The number of hydrogen-bond acceptors (Lipinski definition) is 3. The van der Waals surface area contributed by atoms with Crippen LogP contribution in [0.4, 0.5) is 0 Å². The van der Waals surface area contributed by atoms with Crippen LogP contribution in [0.25, 0.3) is 0 Å². The standard InChI is InChI=1S/C9H11N.C8H8O3/c10-9-6-8(9)7-4-2-1-3-5-7;9-7(8(10)11)6-4-2-1-3-5-6/h1-5,8-9H,6,10H2;1-5,7,9H,(H,10,11)/t8-,9+;7-/m01/s1. The summed E-state index contributed by atoms with van der Waals surface area (Å²) in [5.41, 5.74) is 7.50. The number of benzene rings is 2. The van der Waals surface area contributed by atoms with Crippen molar-refractivity contribution in [2.45, 2.75) is 24.5 Å². The van der Waals surface area contributed by atoms with Gasteiger partial charge >= 0.3 is 5.97 Å². The third-order valence-corrected chi connectivity index (χ3v) is 3.42. The van der Waals surface area contributed by atoms with Gasteiger partial charge in [0.2, 0.25) is 0 Å². The Morgan fingerprint density at radius 2 is 1.52 bits per heavy atom. The molecule has 1 saturated carbocycles. The Bertz CT molecular complexity index is 571. The van der Waals surface area contributed by atoms with Crippen molar-refractivity contribution < 1.29 is 15.0 Å². The predicted octanol–water partition coefficient (Wildman–Crippen LogP) is 2.31. The van der Waals surface area contributed by atoms with Gasteiger partial charge in [0.25, 0.3) is 0 Å². The lowest BCUT2D eigenvalue weighted by Gasteiger charge is -2.03. The summed E-state index contributed by atoms with van der Waals surface area (Å²) >= 11 is 0. The van der Waals surface area contributed by atoms with Gasteiger partial charge in [0, 0.05) is 12.0 Å². The van der Waals surface area contributed by atoms with Crippen molar-refractivity contribution in [2.24, 2.45) is 5.73 Å². The van der Waals surface area contributed by atoms with Gasteiger partial charge < -0.3 is 15.9 Å². The quantitative estimate of drug-likeness (QED) is 0.808. The molecule has 1 aliphatic carbocycles. The van der Waals surface area contributed by atoms with Gasteiger partial charge in [0.15, 0.2) is 6.10 Å². The maximum Gasteiger partial charge on any atom is 0.337 e. The summed E-state index contributed by atoms with van der Waals surface area (Å²) in [7, 11) is 0. The Labute approximate surface area is 123 Å². The van der Waals surface area contributed by atoms with E-state index in [2.05, 4.69) is 24.3 Å². The maximum absolute atomic E-state index is 10.2. The Hall–Kier alpha value is -2.17. The highest BCUT2D eigenvalue weighted by molar-refractivity contribution is 5.73. The summed E-state index contributed by atoms with van der Waals surface area (Å²) in [6.45, 7) is 0. The molecule has 2 aromatic carbocycles. The van der Waals surface area contributed by atoms with Crippen LogP contribution in [-0.4, -0.2) is 22.2 Å². The van der Waals surface area contributed by atoms with Crippen molar-refractivity contribution in [3.05, 3.63) is 71.8 Å². The van der Waals surface area contributed by atoms with Crippen molar-refractivity contribution >= 4 is 5.97 Å². The third-order valence-electron chi connectivity index (χ3n) is 3.42. The lowest BCUT2D eigenvalue weighted by Crippen LogP contribution is -2.09. The van der Waals surface area contributed by atoms with Gasteiger partial charge in [-0.25, -0.2) is 4.79 Å². The molecular formula is C17H19NO3. The minimum absolute atomic E-state index is 0.403. The van der Waals surface area contributed by atoms with E-state index in [1.54, 1.807) is 30.3 Å². The van der Waals surface area contributed by atoms with Crippen LogP contribution in [0.5, 0.6) is 0 Å². The third kappa shape index (κ3) is 4.41. The average molecular weight is 285 g/mol. The summed E-state index contributed by atoms with van der Waals surface area (Å²) in [6, 6.07) is 19.2. The highest BCUT2D eigenvalue weighted by Crippen LogP contribution is 2.38. The molecule has 0 radical (unpaired) electrons. The molecule has 3 atom stereocenters. The molecule has 0 spiro atoms. The van der Waals surface area contributed by atoms with E-state index in [4.69, 9.17) is 15.9 Å². The minimum Gasteiger partial charge on any atom is -0.479 e. The first kappa shape index (κ1) is 15.2. The topological polar surface area (TPSA) is 83.6 Å². The van der Waals surface area contributed by atoms with Gasteiger partial charge in [-0.05, 0) is 17.5 Å². The fraction of sp³-hybridized carbons (Fsp3) is 0.235. The summed E-state index contributed by atoms with van der Waals surface area (Å²) in [6.07, 6.45) is -0.236. The number of carboxylic acids is 1. The Kier molecular flexibility index (Phi) is 5.09. The molecule has 0 amide bonds. The first-order valence-corrected chi connectivity index (χ1v) is 6.86. The van der Waals surface area contributed by atoms with Gasteiger partial charge in [-0.1, -0.05) is 60.7 Å². The van der Waals surface area contributed by atoms with Crippen LogP contribution in [0.1, 0.15) is 29.6 Å². The van der Waals surface area contributed by atoms with E-state index in [1.165, 1.54) is 12.0 Å². The molecular weight excluding hydrogens is 266 g/mol. The molecule has 1 fully saturated rings. The summed E-state index contributed by atoms with van der Waals surface area (Å²) in [5.74, 6) is -0.572. The highest BCUT2D eigenvalue weighted by Gasteiger charge is 2.34. The van der Waals surface area contributed by atoms with Crippen LogP contribution in [0.15, 0.2) is 60.7 Å². The Balaban J connectivity index is 0.000000154.